The third-order valence-corrected chi connectivity index (χ3v) is 4.32. The zero-order valence-electron chi connectivity index (χ0n) is 14.4. The monoisotopic (exact) mass is 439 g/mol. The summed E-state index contributed by atoms with van der Waals surface area (Å²) in [5.74, 6) is 0.660. The molecule has 2 heterocycles. The maximum Gasteiger partial charge on any atom is 0.191 e. The lowest BCUT2D eigenvalue weighted by Crippen LogP contribution is -2.40. The van der Waals surface area contributed by atoms with Gasteiger partial charge in [0.1, 0.15) is 0 Å². The highest BCUT2D eigenvalue weighted by Gasteiger charge is 2.13. The van der Waals surface area contributed by atoms with Crippen LogP contribution in [0.5, 0.6) is 0 Å². The molecule has 0 atom stereocenters. The fourth-order valence-electron chi connectivity index (χ4n) is 3.11. The molecule has 1 saturated heterocycles. The van der Waals surface area contributed by atoms with E-state index in [2.05, 4.69) is 40.1 Å². The zero-order valence-corrected chi connectivity index (χ0v) is 16.7. The van der Waals surface area contributed by atoms with Crippen LogP contribution in [0, 0.1) is 13.8 Å². The van der Waals surface area contributed by atoms with Crippen LogP contribution in [-0.4, -0.2) is 33.7 Å². The van der Waals surface area contributed by atoms with Crippen molar-refractivity contribution in [2.75, 3.05) is 13.1 Å². The average molecular weight is 439 g/mol. The average Bonchev–Trinajstić information content (AvgIpc) is 2.92. The molecule has 130 valence electrons. The summed E-state index contributed by atoms with van der Waals surface area (Å²) in [4.78, 5) is 6.81. The van der Waals surface area contributed by atoms with Gasteiger partial charge in [-0.25, -0.2) is 9.67 Å². The Morgan fingerprint density at radius 3 is 2.54 bits per heavy atom. The molecule has 0 radical (unpaired) electrons. The number of aryl methyl sites for hydroxylation is 2. The SMILES string of the molecule is Cc1cc(C)n(-c2ccccc2CN=C(N)N2CCCCC2)n1.I. The second-order valence-electron chi connectivity index (χ2n) is 6.19. The number of benzene rings is 1. The third kappa shape index (κ3) is 4.28. The van der Waals surface area contributed by atoms with Gasteiger partial charge in [-0.15, -0.1) is 24.0 Å². The number of aliphatic imine (C=N–C) groups is 1. The topological polar surface area (TPSA) is 59.4 Å². The van der Waals surface area contributed by atoms with Crippen molar-refractivity contribution in [1.29, 1.82) is 0 Å². The van der Waals surface area contributed by atoms with Gasteiger partial charge in [-0.05, 0) is 50.8 Å². The van der Waals surface area contributed by atoms with Crippen LogP contribution in [-0.2, 0) is 6.54 Å². The number of piperidine rings is 1. The first-order chi connectivity index (χ1) is 11.1. The van der Waals surface area contributed by atoms with Gasteiger partial charge in [0.15, 0.2) is 5.96 Å². The Labute approximate surface area is 161 Å². The van der Waals surface area contributed by atoms with E-state index in [1.807, 2.05) is 23.7 Å². The van der Waals surface area contributed by atoms with Gasteiger partial charge in [0, 0.05) is 18.8 Å². The van der Waals surface area contributed by atoms with E-state index in [4.69, 9.17) is 5.73 Å². The fourth-order valence-corrected chi connectivity index (χ4v) is 3.11. The van der Waals surface area contributed by atoms with E-state index < -0.39 is 0 Å². The van der Waals surface area contributed by atoms with Gasteiger partial charge in [0.25, 0.3) is 0 Å². The number of nitrogens with two attached hydrogens (primary N) is 1. The van der Waals surface area contributed by atoms with Crippen LogP contribution in [0.25, 0.3) is 5.69 Å². The molecule has 3 rings (SSSR count). The number of likely N-dealkylation sites (tertiary alicyclic amines) is 1. The van der Waals surface area contributed by atoms with Crippen molar-refractivity contribution in [3.8, 4) is 5.69 Å². The summed E-state index contributed by atoms with van der Waals surface area (Å²) in [5, 5.41) is 4.58. The largest absolute Gasteiger partial charge is 0.370 e. The molecular formula is C18H26IN5. The van der Waals surface area contributed by atoms with Crippen molar-refractivity contribution in [2.45, 2.75) is 39.7 Å². The summed E-state index contributed by atoms with van der Waals surface area (Å²) < 4.78 is 1.98. The van der Waals surface area contributed by atoms with E-state index in [9.17, 15) is 0 Å². The maximum absolute atomic E-state index is 6.17. The van der Waals surface area contributed by atoms with Crippen molar-refractivity contribution >= 4 is 29.9 Å². The number of para-hydroxylation sites is 1. The minimum absolute atomic E-state index is 0. The second-order valence-corrected chi connectivity index (χ2v) is 6.19. The minimum Gasteiger partial charge on any atom is -0.370 e. The van der Waals surface area contributed by atoms with E-state index in [0.29, 0.717) is 12.5 Å². The highest BCUT2D eigenvalue weighted by molar-refractivity contribution is 14.0. The molecule has 5 nitrogen and oxygen atoms in total. The predicted octanol–water partition coefficient (Wildman–Crippen LogP) is 3.41. The van der Waals surface area contributed by atoms with Crippen molar-refractivity contribution in [2.24, 2.45) is 10.7 Å². The number of guanidine groups is 1. The molecule has 0 bridgehead atoms. The molecular weight excluding hydrogens is 413 g/mol. The highest BCUT2D eigenvalue weighted by Crippen LogP contribution is 2.18. The maximum atomic E-state index is 6.17. The van der Waals surface area contributed by atoms with Crippen molar-refractivity contribution in [3.63, 3.8) is 0 Å². The lowest BCUT2D eigenvalue weighted by atomic mass is 10.1. The van der Waals surface area contributed by atoms with Crippen LogP contribution in [0.4, 0.5) is 0 Å². The molecule has 1 aliphatic heterocycles. The summed E-state index contributed by atoms with van der Waals surface area (Å²) in [6.45, 7) is 6.71. The third-order valence-electron chi connectivity index (χ3n) is 4.32. The number of hydrogen-bond acceptors (Lipinski definition) is 2. The van der Waals surface area contributed by atoms with Crippen LogP contribution in [0.1, 0.15) is 36.2 Å². The Hall–Kier alpha value is -1.57. The fraction of sp³-hybridized carbons (Fsp3) is 0.444. The number of rotatable bonds is 3. The molecule has 2 aromatic rings. The van der Waals surface area contributed by atoms with Gasteiger partial charge < -0.3 is 10.6 Å². The lowest BCUT2D eigenvalue weighted by molar-refractivity contribution is 0.338. The van der Waals surface area contributed by atoms with Crippen LogP contribution in [0.15, 0.2) is 35.3 Å². The summed E-state index contributed by atoms with van der Waals surface area (Å²) in [6.07, 6.45) is 3.71. The van der Waals surface area contributed by atoms with Gasteiger partial charge in [0.05, 0.1) is 17.9 Å². The van der Waals surface area contributed by atoms with Crippen LogP contribution in [0.3, 0.4) is 0 Å². The Balaban J connectivity index is 0.00000208. The smallest absolute Gasteiger partial charge is 0.191 e. The molecule has 0 unspecified atom stereocenters. The molecule has 6 heteroatoms. The van der Waals surface area contributed by atoms with E-state index in [1.54, 1.807) is 0 Å². The van der Waals surface area contributed by atoms with E-state index in [-0.39, 0.29) is 24.0 Å². The highest BCUT2D eigenvalue weighted by atomic mass is 127. The summed E-state index contributed by atoms with van der Waals surface area (Å²) in [6, 6.07) is 10.3. The summed E-state index contributed by atoms with van der Waals surface area (Å²) in [5.41, 5.74) is 10.5. The molecule has 1 aromatic heterocycles. The van der Waals surface area contributed by atoms with E-state index in [1.165, 1.54) is 19.3 Å². The Bertz CT molecular complexity index is 701. The van der Waals surface area contributed by atoms with Gasteiger partial charge in [-0.2, -0.15) is 5.10 Å². The van der Waals surface area contributed by atoms with Crippen LogP contribution < -0.4 is 5.73 Å². The number of nitrogens with zero attached hydrogens (tertiary/aromatic N) is 4. The van der Waals surface area contributed by atoms with Gasteiger partial charge in [-0.3, -0.25) is 0 Å². The molecule has 2 N–H and O–H groups in total. The predicted molar refractivity (Wildman–Crippen MR) is 109 cm³/mol. The molecule has 24 heavy (non-hydrogen) atoms. The number of halogens is 1. The van der Waals surface area contributed by atoms with Crippen molar-refractivity contribution in [1.82, 2.24) is 14.7 Å². The number of hydrogen-bond donors (Lipinski definition) is 1. The summed E-state index contributed by atoms with van der Waals surface area (Å²) in [7, 11) is 0. The first-order valence-corrected chi connectivity index (χ1v) is 8.31. The van der Waals surface area contributed by atoms with Gasteiger partial charge in [0.2, 0.25) is 0 Å². The molecule has 1 aliphatic rings. The molecule has 0 saturated carbocycles. The Morgan fingerprint density at radius 1 is 1.17 bits per heavy atom. The van der Waals surface area contributed by atoms with Crippen LogP contribution >= 0.6 is 24.0 Å². The standard InChI is InChI=1S/C18H25N5.HI/c1-14-12-15(2)23(21-14)17-9-5-4-8-16(17)13-20-18(19)22-10-6-3-7-11-22;/h4-5,8-9,12H,3,6-7,10-11,13H2,1-2H3,(H2,19,20);1H. The van der Waals surface area contributed by atoms with Gasteiger partial charge >= 0.3 is 0 Å². The molecule has 1 aromatic carbocycles. The number of aromatic nitrogens is 2. The quantitative estimate of drug-likeness (QED) is 0.453. The Morgan fingerprint density at radius 2 is 1.88 bits per heavy atom. The van der Waals surface area contributed by atoms with E-state index in [0.717, 1.165) is 35.7 Å². The van der Waals surface area contributed by atoms with Gasteiger partial charge in [-0.1, -0.05) is 18.2 Å². The zero-order chi connectivity index (χ0) is 16.2. The van der Waals surface area contributed by atoms with Crippen LogP contribution in [0.2, 0.25) is 0 Å². The van der Waals surface area contributed by atoms with Crippen molar-refractivity contribution in [3.05, 3.63) is 47.3 Å². The second kappa shape index (κ2) is 8.50. The first kappa shape index (κ1) is 18.8. The van der Waals surface area contributed by atoms with Crippen molar-refractivity contribution < 1.29 is 0 Å². The molecule has 0 spiro atoms. The molecule has 0 aliphatic carbocycles. The Kier molecular flexibility index (Phi) is 6.65. The summed E-state index contributed by atoms with van der Waals surface area (Å²) >= 11 is 0. The molecule has 0 amide bonds. The first-order valence-electron chi connectivity index (χ1n) is 8.31. The minimum atomic E-state index is 0. The normalized spacial score (nSPS) is 15.2. The van der Waals surface area contributed by atoms with E-state index >= 15 is 0 Å². The molecule has 1 fully saturated rings. The lowest BCUT2D eigenvalue weighted by Gasteiger charge is -2.27.